The molecule has 0 unspecified atom stereocenters. The molecule has 0 aliphatic rings. The molecule has 1 rings (SSSR count). The van der Waals surface area contributed by atoms with E-state index < -0.39 is 0 Å². The van der Waals surface area contributed by atoms with Gasteiger partial charge in [0, 0.05) is 17.3 Å². The number of alkyl halides is 1. The summed E-state index contributed by atoms with van der Waals surface area (Å²) in [4.78, 5) is 11.2. The van der Waals surface area contributed by atoms with Crippen LogP contribution in [-0.4, -0.2) is 11.1 Å². The van der Waals surface area contributed by atoms with Crippen LogP contribution in [-0.2, 0) is 4.79 Å². The molecule has 0 aromatic heterocycles. The topological polar surface area (TPSA) is 17.1 Å². The number of halogens is 1. The van der Waals surface area contributed by atoms with Crippen LogP contribution >= 0.6 is 15.9 Å². The third-order valence-corrected chi connectivity index (χ3v) is 2.22. The van der Waals surface area contributed by atoms with Gasteiger partial charge in [0.2, 0.25) is 5.78 Å². The summed E-state index contributed by atoms with van der Waals surface area (Å²) >= 11 is 3.27. The molecule has 0 radical (unpaired) electrons. The number of carbonyl (C=O) groups excluding carboxylic acids is 1. The minimum atomic E-state index is 0.00769. The highest BCUT2D eigenvalue weighted by Crippen LogP contribution is 1.97. The normalized spacial score (nSPS) is 8.93. The second-order valence-electron chi connectivity index (χ2n) is 2.83. The first-order valence-electron chi connectivity index (χ1n) is 4.49. The van der Waals surface area contributed by atoms with Crippen LogP contribution in [0.15, 0.2) is 30.3 Å². The van der Waals surface area contributed by atoms with Crippen molar-refractivity contribution in [1.82, 2.24) is 0 Å². The maximum Gasteiger partial charge on any atom is 0.205 e. The molecule has 0 aliphatic heterocycles. The quantitative estimate of drug-likeness (QED) is 0.596. The summed E-state index contributed by atoms with van der Waals surface area (Å²) in [6.45, 7) is 0. The summed E-state index contributed by atoms with van der Waals surface area (Å²) in [5.41, 5.74) is 0.889. The van der Waals surface area contributed by atoms with Gasteiger partial charge in [0.1, 0.15) is 0 Å². The van der Waals surface area contributed by atoms with Crippen molar-refractivity contribution in [1.29, 1.82) is 0 Å². The molecule has 72 valence electrons. The van der Waals surface area contributed by atoms with Crippen molar-refractivity contribution in [3.8, 4) is 11.8 Å². The van der Waals surface area contributed by atoms with E-state index in [4.69, 9.17) is 0 Å². The molecule has 2 heteroatoms. The Labute approximate surface area is 92.6 Å². The van der Waals surface area contributed by atoms with E-state index in [9.17, 15) is 4.79 Å². The van der Waals surface area contributed by atoms with Gasteiger partial charge in [-0.2, -0.15) is 0 Å². The lowest BCUT2D eigenvalue weighted by molar-refractivity contribution is -0.113. The number of hydrogen-bond acceptors (Lipinski definition) is 1. The van der Waals surface area contributed by atoms with Gasteiger partial charge in [-0.15, -0.1) is 0 Å². The van der Waals surface area contributed by atoms with Crippen LogP contribution in [0.1, 0.15) is 18.4 Å². The first-order valence-corrected chi connectivity index (χ1v) is 5.61. The summed E-state index contributed by atoms with van der Waals surface area (Å²) in [5.74, 6) is 5.47. The van der Waals surface area contributed by atoms with E-state index in [1.54, 1.807) is 0 Å². The molecule has 0 saturated heterocycles. The van der Waals surface area contributed by atoms with Gasteiger partial charge in [-0.3, -0.25) is 4.79 Å². The van der Waals surface area contributed by atoms with Gasteiger partial charge in [-0.25, -0.2) is 0 Å². The summed E-state index contributed by atoms with van der Waals surface area (Å²) in [6.07, 6.45) is 1.38. The van der Waals surface area contributed by atoms with Crippen LogP contribution in [0.4, 0.5) is 0 Å². The van der Waals surface area contributed by atoms with Gasteiger partial charge in [0.25, 0.3) is 0 Å². The fourth-order valence-electron chi connectivity index (χ4n) is 0.953. The summed E-state index contributed by atoms with van der Waals surface area (Å²) in [6, 6.07) is 9.54. The second-order valence-corrected chi connectivity index (χ2v) is 3.62. The Morgan fingerprint density at radius 2 is 2.00 bits per heavy atom. The number of carbonyl (C=O) groups is 1. The lowest BCUT2D eigenvalue weighted by atomic mass is 10.2. The molecule has 0 bridgehead atoms. The molecule has 1 nitrogen and oxygen atoms in total. The summed E-state index contributed by atoms with van der Waals surface area (Å²) in [5, 5.41) is 0.853. The van der Waals surface area contributed by atoms with Crippen molar-refractivity contribution >= 4 is 21.7 Å². The molecule has 0 spiro atoms. The number of Topliss-reactive ketones (excluding diaryl/α,β-unsaturated/α-hetero) is 1. The van der Waals surface area contributed by atoms with E-state index in [-0.39, 0.29) is 5.78 Å². The molecule has 0 N–H and O–H groups in total. The smallest absolute Gasteiger partial charge is 0.205 e. The zero-order chi connectivity index (χ0) is 10.2. The van der Waals surface area contributed by atoms with Crippen molar-refractivity contribution in [2.75, 3.05) is 5.33 Å². The third kappa shape index (κ3) is 4.25. The van der Waals surface area contributed by atoms with Crippen molar-refractivity contribution < 1.29 is 4.79 Å². The Hall–Kier alpha value is -1.07. The Morgan fingerprint density at radius 3 is 2.64 bits per heavy atom. The Morgan fingerprint density at radius 1 is 1.29 bits per heavy atom. The number of rotatable bonds is 3. The van der Waals surface area contributed by atoms with Gasteiger partial charge in [0.15, 0.2) is 0 Å². The summed E-state index contributed by atoms with van der Waals surface area (Å²) in [7, 11) is 0. The predicted octanol–water partition coefficient (Wildman–Crippen LogP) is 2.78. The molecule has 0 saturated carbocycles. The Bertz CT molecular complexity index is 346. The maximum absolute atomic E-state index is 11.2. The van der Waals surface area contributed by atoms with Gasteiger partial charge < -0.3 is 0 Å². The monoisotopic (exact) mass is 250 g/mol. The van der Waals surface area contributed by atoms with E-state index in [2.05, 4.69) is 27.8 Å². The van der Waals surface area contributed by atoms with Crippen LogP contribution in [0.25, 0.3) is 0 Å². The van der Waals surface area contributed by atoms with Gasteiger partial charge in [-0.1, -0.05) is 40.0 Å². The second kappa shape index (κ2) is 6.39. The molecular formula is C12H11BrO. The average Bonchev–Trinajstić information content (AvgIpc) is 2.25. The van der Waals surface area contributed by atoms with Crippen LogP contribution in [0.5, 0.6) is 0 Å². The molecule has 1 aromatic rings. The molecule has 1 aromatic carbocycles. The molecule has 0 fully saturated rings. The molecule has 14 heavy (non-hydrogen) atoms. The van der Waals surface area contributed by atoms with Gasteiger partial charge in [-0.05, 0) is 24.5 Å². The first kappa shape index (κ1) is 11.0. The van der Waals surface area contributed by atoms with E-state index >= 15 is 0 Å². The van der Waals surface area contributed by atoms with E-state index in [1.165, 1.54) is 0 Å². The molecule has 0 heterocycles. The largest absolute Gasteiger partial charge is 0.285 e. The lowest BCUT2D eigenvalue weighted by Gasteiger charge is -1.88. The highest BCUT2D eigenvalue weighted by molar-refractivity contribution is 9.09. The van der Waals surface area contributed by atoms with Crippen LogP contribution in [0.2, 0.25) is 0 Å². The summed E-state index contributed by atoms with van der Waals surface area (Å²) < 4.78 is 0. The van der Waals surface area contributed by atoms with Crippen LogP contribution in [0, 0.1) is 11.8 Å². The van der Waals surface area contributed by atoms with Gasteiger partial charge in [0.05, 0.1) is 0 Å². The molecule has 0 amide bonds. The fourth-order valence-corrected chi connectivity index (χ4v) is 1.23. The van der Waals surface area contributed by atoms with Crippen molar-refractivity contribution in [3.05, 3.63) is 35.9 Å². The Balaban J connectivity index is 2.51. The van der Waals surface area contributed by atoms with Crippen LogP contribution in [0.3, 0.4) is 0 Å². The zero-order valence-electron chi connectivity index (χ0n) is 7.79. The zero-order valence-corrected chi connectivity index (χ0v) is 9.38. The predicted molar refractivity (Wildman–Crippen MR) is 61.4 cm³/mol. The number of benzene rings is 1. The standard InChI is InChI=1S/C12H11BrO/c13-10-4-7-12(14)9-8-11-5-2-1-3-6-11/h1-3,5-6H,4,7,10H2. The number of hydrogen-bond donors (Lipinski definition) is 0. The molecular weight excluding hydrogens is 240 g/mol. The highest BCUT2D eigenvalue weighted by Gasteiger charge is 1.94. The SMILES string of the molecule is O=C(C#Cc1ccccc1)CCCBr. The number of ketones is 1. The van der Waals surface area contributed by atoms with Crippen molar-refractivity contribution in [2.24, 2.45) is 0 Å². The van der Waals surface area contributed by atoms with E-state index in [0.717, 1.165) is 17.3 Å². The minimum Gasteiger partial charge on any atom is -0.285 e. The average molecular weight is 251 g/mol. The highest BCUT2D eigenvalue weighted by atomic mass is 79.9. The van der Waals surface area contributed by atoms with Crippen molar-refractivity contribution in [2.45, 2.75) is 12.8 Å². The lowest BCUT2D eigenvalue weighted by Crippen LogP contribution is -1.93. The van der Waals surface area contributed by atoms with E-state index in [1.807, 2.05) is 30.3 Å². The Kier molecular flexibility index (Phi) is 5.03. The minimum absolute atomic E-state index is 0.00769. The van der Waals surface area contributed by atoms with Gasteiger partial charge >= 0.3 is 0 Å². The first-order chi connectivity index (χ1) is 6.83. The van der Waals surface area contributed by atoms with Crippen molar-refractivity contribution in [3.63, 3.8) is 0 Å². The molecule has 0 atom stereocenters. The maximum atomic E-state index is 11.2. The van der Waals surface area contributed by atoms with Crippen LogP contribution < -0.4 is 0 Å². The molecule has 0 aliphatic carbocycles. The fraction of sp³-hybridized carbons (Fsp3) is 0.250. The third-order valence-electron chi connectivity index (χ3n) is 1.66. The van der Waals surface area contributed by atoms with E-state index in [0.29, 0.717) is 6.42 Å².